The number of ketones is 1. The minimum absolute atomic E-state index is 0.0963. The Morgan fingerprint density at radius 3 is 2.03 bits per heavy atom. The summed E-state index contributed by atoms with van der Waals surface area (Å²) in [5, 5.41) is 2.85. The van der Waals surface area contributed by atoms with Crippen molar-refractivity contribution in [2.24, 2.45) is 0 Å². The number of rotatable bonds is 7. The first-order chi connectivity index (χ1) is 14.1. The molecule has 0 spiro atoms. The van der Waals surface area contributed by atoms with Crippen molar-refractivity contribution in [2.45, 2.75) is 12.0 Å². The molecule has 0 aliphatic rings. The van der Waals surface area contributed by atoms with Gasteiger partial charge in [0.05, 0.1) is 26.2 Å². The highest BCUT2D eigenvalue weighted by Gasteiger charge is 2.33. The van der Waals surface area contributed by atoms with Crippen molar-refractivity contribution in [1.29, 1.82) is 0 Å². The predicted molar refractivity (Wildman–Crippen MR) is 111 cm³/mol. The first kappa shape index (κ1) is 20.1. The Kier molecular flexibility index (Phi) is 6.63. The van der Waals surface area contributed by atoms with Gasteiger partial charge in [0.25, 0.3) is 0 Å². The number of carbonyl (C=O) groups is 2. The SMILES string of the molecule is COC(=O)NC(c1cccc(OC)c1)C(C(=O)c1ccccc1)c1ccccc1. The van der Waals surface area contributed by atoms with Gasteiger partial charge < -0.3 is 14.8 Å². The van der Waals surface area contributed by atoms with E-state index in [1.54, 1.807) is 19.2 Å². The van der Waals surface area contributed by atoms with Crippen LogP contribution in [0.2, 0.25) is 0 Å². The number of hydrogen-bond acceptors (Lipinski definition) is 4. The van der Waals surface area contributed by atoms with Gasteiger partial charge in [0.1, 0.15) is 5.75 Å². The van der Waals surface area contributed by atoms with Gasteiger partial charge in [0.15, 0.2) is 5.78 Å². The lowest BCUT2D eigenvalue weighted by atomic mass is 9.81. The molecule has 5 nitrogen and oxygen atoms in total. The molecule has 3 aromatic rings. The highest BCUT2D eigenvalue weighted by Crippen LogP contribution is 2.35. The summed E-state index contributed by atoms with van der Waals surface area (Å²) in [6.07, 6.45) is -0.611. The number of alkyl carbamates (subject to hydrolysis) is 1. The molecule has 0 bridgehead atoms. The first-order valence-corrected chi connectivity index (χ1v) is 9.26. The van der Waals surface area contributed by atoms with Crippen LogP contribution in [0.25, 0.3) is 0 Å². The second-order valence-electron chi connectivity index (χ2n) is 6.51. The molecule has 29 heavy (non-hydrogen) atoms. The number of nitrogens with one attached hydrogen (secondary N) is 1. The molecule has 148 valence electrons. The average Bonchev–Trinajstić information content (AvgIpc) is 2.79. The second-order valence-corrected chi connectivity index (χ2v) is 6.51. The Bertz CT molecular complexity index is 957. The van der Waals surface area contributed by atoms with Crippen LogP contribution in [0.15, 0.2) is 84.9 Å². The van der Waals surface area contributed by atoms with Crippen LogP contribution in [-0.4, -0.2) is 26.1 Å². The summed E-state index contributed by atoms with van der Waals surface area (Å²) < 4.78 is 10.2. The molecule has 0 aliphatic carbocycles. The Balaban J connectivity index is 2.13. The summed E-state index contributed by atoms with van der Waals surface area (Å²) >= 11 is 0. The van der Waals surface area contributed by atoms with Crippen LogP contribution in [0, 0.1) is 0 Å². The van der Waals surface area contributed by atoms with Crippen molar-refractivity contribution < 1.29 is 19.1 Å². The third-order valence-electron chi connectivity index (χ3n) is 4.74. The maximum Gasteiger partial charge on any atom is 0.407 e. The maximum absolute atomic E-state index is 13.6. The Morgan fingerprint density at radius 1 is 0.793 bits per heavy atom. The van der Waals surface area contributed by atoms with E-state index in [2.05, 4.69) is 5.32 Å². The topological polar surface area (TPSA) is 64.6 Å². The summed E-state index contributed by atoms with van der Waals surface area (Å²) in [6.45, 7) is 0. The molecule has 0 fully saturated rings. The zero-order valence-electron chi connectivity index (χ0n) is 16.4. The van der Waals surface area contributed by atoms with Gasteiger partial charge in [0, 0.05) is 5.56 Å². The summed E-state index contributed by atoms with van der Waals surface area (Å²) in [4.78, 5) is 25.7. The number of amides is 1. The molecule has 1 amide bonds. The molecule has 3 aromatic carbocycles. The molecule has 0 saturated carbocycles. The van der Waals surface area contributed by atoms with E-state index in [0.717, 1.165) is 11.1 Å². The van der Waals surface area contributed by atoms with E-state index >= 15 is 0 Å². The Morgan fingerprint density at radius 2 is 1.41 bits per heavy atom. The van der Waals surface area contributed by atoms with Crippen molar-refractivity contribution in [3.63, 3.8) is 0 Å². The standard InChI is InChI=1S/C24H23NO4/c1-28-20-15-9-14-19(16-20)22(25-24(27)29-2)21(17-10-5-3-6-11-17)23(26)18-12-7-4-8-13-18/h3-16,21-22H,1-2H3,(H,25,27). The van der Waals surface area contributed by atoms with Crippen molar-refractivity contribution in [2.75, 3.05) is 14.2 Å². The van der Waals surface area contributed by atoms with E-state index in [-0.39, 0.29) is 5.78 Å². The van der Waals surface area contributed by atoms with Gasteiger partial charge in [-0.05, 0) is 23.3 Å². The van der Waals surface area contributed by atoms with E-state index in [9.17, 15) is 9.59 Å². The number of methoxy groups -OCH3 is 2. The van der Waals surface area contributed by atoms with E-state index in [0.29, 0.717) is 11.3 Å². The van der Waals surface area contributed by atoms with Gasteiger partial charge in [-0.15, -0.1) is 0 Å². The lowest BCUT2D eigenvalue weighted by Gasteiger charge is -2.28. The second kappa shape index (κ2) is 9.55. The first-order valence-electron chi connectivity index (χ1n) is 9.26. The number of ether oxygens (including phenoxy) is 2. The lowest BCUT2D eigenvalue weighted by Crippen LogP contribution is -2.35. The summed E-state index contributed by atoms with van der Waals surface area (Å²) in [5.74, 6) is -0.107. The molecule has 0 heterocycles. The largest absolute Gasteiger partial charge is 0.497 e. The van der Waals surface area contributed by atoms with Crippen molar-refractivity contribution in [3.8, 4) is 5.75 Å². The lowest BCUT2D eigenvalue weighted by molar-refractivity contribution is 0.0936. The molecule has 0 aromatic heterocycles. The Labute approximate surface area is 170 Å². The molecule has 0 radical (unpaired) electrons. The van der Waals surface area contributed by atoms with Crippen LogP contribution >= 0.6 is 0 Å². The molecule has 0 saturated heterocycles. The number of carbonyl (C=O) groups excluding carboxylic acids is 2. The van der Waals surface area contributed by atoms with Gasteiger partial charge in [-0.2, -0.15) is 0 Å². The van der Waals surface area contributed by atoms with Crippen molar-refractivity contribution >= 4 is 11.9 Å². The fourth-order valence-electron chi connectivity index (χ4n) is 3.32. The van der Waals surface area contributed by atoms with Crippen LogP contribution < -0.4 is 10.1 Å². The van der Waals surface area contributed by atoms with E-state index in [1.807, 2.05) is 72.8 Å². The van der Waals surface area contributed by atoms with Crippen LogP contribution in [0.1, 0.15) is 33.4 Å². The molecule has 5 heteroatoms. The van der Waals surface area contributed by atoms with Crippen LogP contribution in [0.4, 0.5) is 4.79 Å². The third kappa shape index (κ3) is 4.82. The quantitative estimate of drug-likeness (QED) is 0.592. The van der Waals surface area contributed by atoms with Gasteiger partial charge in [-0.3, -0.25) is 4.79 Å². The van der Waals surface area contributed by atoms with E-state index in [1.165, 1.54) is 7.11 Å². The van der Waals surface area contributed by atoms with Gasteiger partial charge in [0.2, 0.25) is 0 Å². The number of Topliss-reactive ketones (excluding diaryl/α,β-unsaturated/α-hetero) is 1. The monoisotopic (exact) mass is 389 g/mol. The molecular formula is C24H23NO4. The van der Waals surface area contributed by atoms with Gasteiger partial charge in [-0.1, -0.05) is 72.8 Å². The molecular weight excluding hydrogens is 366 g/mol. The summed E-state index contributed by atoms with van der Waals surface area (Å²) in [5.41, 5.74) is 2.11. The van der Waals surface area contributed by atoms with Crippen LogP contribution in [0.3, 0.4) is 0 Å². The van der Waals surface area contributed by atoms with E-state index in [4.69, 9.17) is 9.47 Å². The molecule has 0 aliphatic heterocycles. The maximum atomic E-state index is 13.6. The van der Waals surface area contributed by atoms with Crippen molar-refractivity contribution in [1.82, 2.24) is 5.32 Å². The minimum atomic E-state index is -0.648. The van der Waals surface area contributed by atoms with Crippen molar-refractivity contribution in [3.05, 3.63) is 102 Å². The minimum Gasteiger partial charge on any atom is -0.497 e. The summed E-state index contributed by atoms with van der Waals surface area (Å²) in [6, 6.07) is 25.1. The number of benzene rings is 3. The highest BCUT2D eigenvalue weighted by atomic mass is 16.5. The van der Waals surface area contributed by atoms with E-state index < -0.39 is 18.1 Å². The van der Waals surface area contributed by atoms with Crippen LogP contribution in [-0.2, 0) is 4.74 Å². The average molecular weight is 389 g/mol. The summed E-state index contributed by atoms with van der Waals surface area (Å²) in [7, 11) is 2.88. The molecule has 3 rings (SSSR count). The fourth-order valence-corrected chi connectivity index (χ4v) is 3.32. The molecule has 2 atom stereocenters. The zero-order chi connectivity index (χ0) is 20.6. The third-order valence-corrected chi connectivity index (χ3v) is 4.74. The normalized spacial score (nSPS) is 12.5. The van der Waals surface area contributed by atoms with Gasteiger partial charge >= 0.3 is 6.09 Å². The Hall–Kier alpha value is -3.60. The molecule has 2 unspecified atom stereocenters. The smallest absolute Gasteiger partial charge is 0.407 e. The zero-order valence-corrected chi connectivity index (χ0v) is 16.4. The molecule has 1 N–H and O–H groups in total. The van der Waals surface area contributed by atoms with Crippen LogP contribution in [0.5, 0.6) is 5.75 Å². The predicted octanol–water partition coefficient (Wildman–Crippen LogP) is 4.76. The van der Waals surface area contributed by atoms with Gasteiger partial charge in [-0.25, -0.2) is 4.79 Å². The fraction of sp³-hybridized carbons (Fsp3) is 0.167. The highest BCUT2D eigenvalue weighted by molar-refractivity contribution is 6.01. The number of hydrogen-bond donors (Lipinski definition) is 1.